The molecule has 0 radical (unpaired) electrons. The predicted octanol–water partition coefficient (Wildman–Crippen LogP) is 8.17. The van der Waals surface area contributed by atoms with Crippen LogP contribution in [0.4, 0.5) is 9.59 Å². The number of H-pyrrole nitrogens is 2. The first-order valence-electron chi connectivity index (χ1n) is 23.0. The number of benzene rings is 3. The van der Waals surface area contributed by atoms with Crippen LogP contribution >= 0.6 is 0 Å². The van der Waals surface area contributed by atoms with Crippen LogP contribution in [-0.4, -0.2) is 116 Å². The lowest BCUT2D eigenvalue weighted by Crippen LogP contribution is -2.54. The van der Waals surface area contributed by atoms with Crippen molar-refractivity contribution in [3.8, 4) is 22.3 Å². The molecule has 9 rings (SSSR count). The maximum absolute atomic E-state index is 14.0. The Kier molecular flexibility index (Phi) is 12.2. The third-order valence-electron chi connectivity index (χ3n) is 13.5. The first kappa shape index (κ1) is 41.9. The number of amides is 5. The third-order valence-corrected chi connectivity index (χ3v) is 13.5. The van der Waals surface area contributed by atoms with Crippen molar-refractivity contribution in [1.29, 1.82) is 0 Å². The highest BCUT2D eigenvalue weighted by Gasteiger charge is 2.38. The van der Waals surface area contributed by atoms with Gasteiger partial charge in [-0.3, -0.25) is 9.63 Å². The first-order valence-corrected chi connectivity index (χ1v) is 23.0. The highest BCUT2D eigenvalue weighted by atomic mass is 16.7. The number of hydrogen-bond donors (Lipinski definition) is 4. The molecule has 5 amide bonds. The Morgan fingerprint density at radius 2 is 1.13 bits per heavy atom. The molecule has 0 spiro atoms. The van der Waals surface area contributed by atoms with Gasteiger partial charge in [-0.05, 0) is 110 Å². The van der Waals surface area contributed by atoms with Gasteiger partial charge in [0.05, 0.1) is 46.8 Å². The molecule has 0 aliphatic carbocycles. The summed E-state index contributed by atoms with van der Waals surface area (Å²) < 4.78 is 0. The van der Waals surface area contributed by atoms with Crippen molar-refractivity contribution in [1.82, 2.24) is 50.3 Å². The van der Waals surface area contributed by atoms with Gasteiger partial charge in [-0.25, -0.2) is 19.6 Å². The number of carbonyl (C=O) groups excluding carboxylic acids is 3. The van der Waals surface area contributed by atoms with E-state index in [1.807, 2.05) is 39.7 Å². The number of rotatable bonds is 12. The molecule has 4 saturated heterocycles. The molecule has 6 heterocycles. The standard InChI is InChI=1S/C48H62N10O4/c1-30(2)40(53-47(60)55-21-5-6-22-55)29-62-58-26-10-12-42(58)45-50-37-20-18-35(28-39(37)52-45)33-15-13-32(14-16-33)34-17-19-36-38(27-34)51-44(49-36)41-11-9-25-57(41)46(59)43(31(3)4)54-48(61)56-23-7-8-24-56/h13-20,27-28,30-31,40-43H,5-12,21-26,29H2,1-4H3,(H,49,51)(H,50,52)(H,53,60)(H,54,61)/t40-,41+,42+,43+/m1/s1. The summed E-state index contributed by atoms with van der Waals surface area (Å²) in [6, 6.07) is 20.3. The van der Waals surface area contributed by atoms with E-state index in [1.54, 1.807) is 0 Å². The number of likely N-dealkylation sites (tertiary alicyclic amines) is 3. The minimum absolute atomic E-state index is 0.00979. The Bertz CT molecular complexity index is 2380. The minimum atomic E-state index is -0.583. The molecule has 3 aromatic carbocycles. The molecule has 0 bridgehead atoms. The van der Waals surface area contributed by atoms with Crippen molar-refractivity contribution in [2.45, 2.75) is 103 Å². The normalized spacial score (nSPS) is 20.6. The van der Waals surface area contributed by atoms with Crippen molar-refractivity contribution in [2.24, 2.45) is 11.8 Å². The highest BCUT2D eigenvalue weighted by Crippen LogP contribution is 2.36. The molecule has 5 aromatic rings. The van der Waals surface area contributed by atoms with Crippen LogP contribution in [-0.2, 0) is 9.63 Å². The van der Waals surface area contributed by atoms with Crippen LogP contribution < -0.4 is 10.6 Å². The van der Waals surface area contributed by atoms with Gasteiger partial charge in [0.2, 0.25) is 5.91 Å². The van der Waals surface area contributed by atoms with Crippen LogP contribution in [0, 0.1) is 11.8 Å². The van der Waals surface area contributed by atoms with Gasteiger partial charge in [0, 0.05) is 39.3 Å². The maximum Gasteiger partial charge on any atom is 0.318 e. The van der Waals surface area contributed by atoms with E-state index in [2.05, 4.69) is 89.0 Å². The summed E-state index contributed by atoms with van der Waals surface area (Å²) in [5, 5.41) is 8.32. The number of nitrogens with zero attached hydrogens (tertiary/aromatic N) is 6. The van der Waals surface area contributed by atoms with Gasteiger partial charge in [-0.1, -0.05) is 64.1 Å². The molecule has 4 fully saturated rings. The van der Waals surface area contributed by atoms with Crippen molar-refractivity contribution in [2.75, 3.05) is 45.9 Å². The Morgan fingerprint density at radius 3 is 1.68 bits per heavy atom. The first-order chi connectivity index (χ1) is 30.1. The molecular formula is C48H62N10O4. The van der Waals surface area contributed by atoms with Crippen LogP contribution in [0.3, 0.4) is 0 Å². The monoisotopic (exact) mass is 842 g/mol. The van der Waals surface area contributed by atoms with Crippen molar-refractivity contribution < 1.29 is 19.2 Å². The van der Waals surface area contributed by atoms with Gasteiger partial charge < -0.3 is 35.3 Å². The zero-order valence-corrected chi connectivity index (χ0v) is 36.7. The SMILES string of the molecule is CC(C)[C@H](NC(=O)N1CCCC1)C(=O)N1CCC[C@H]1c1nc2ccc(-c3ccc(-c4ccc5nc([C@@H]6CCCN6OC[C@@H](NC(=O)N6CCCC6)C(C)C)[nH]c5c4)cc3)cc2[nH]1. The number of nitrogens with one attached hydrogen (secondary N) is 4. The molecule has 14 nitrogen and oxygen atoms in total. The van der Waals surface area contributed by atoms with Crippen LogP contribution in [0.25, 0.3) is 44.3 Å². The second-order valence-electron chi connectivity index (χ2n) is 18.4. The van der Waals surface area contributed by atoms with Gasteiger partial charge in [0.1, 0.15) is 17.7 Å². The van der Waals surface area contributed by atoms with Crippen molar-refractivity contribution >= 4 is 40.0 Å². The van der Waals surface area contributed by atoms with E-state index >= 15 is 0 Å². The fraction of sp³-hybridized carbons (Fsp3) is 0.521. The number of fused-ring (bicyclic) bond motifs is 2. The number of aromatic amines is 2. The largest absolute Gasteiger partial charge is 0.341 e. The Labute approximate surface area is 364 Å². The number of hydroxylamine groups is 2. The molecule has 0 saturated carbocycles. The fourth-order valence-corrected chi connectivity index (χ4v) is 9.65. The van der Waals surface area contributed by atoms with Gasteiger partial charge in [0.15, 0.2) is 0 Å². The fourth-order valence-electron chi connectivity index (χ4n) is 9.65. The number of urea groups is 2. The summed E-state index contributed by atoms with van der Waals surface area (Å²) in [5.41, 5.74) is 8.09. The second-order valence-corrected chi connectivity index (χ2v) is 18.4. The molecule has 2 aromatic heterocycles. The molecule has 328 valence electrons. The van der Waals surface area contributed by atoms with Gasteiger partial charge >= 0.3 is 12.1 Å². The molecule has 4 atom stereocenters. The van der Waals surface area contributed by atoms with Gasteiger partial charge in [-0.2, -0.15) is 5.06 Å². The van der Waals surface area contributed by atoms with Crippen LogP contribution in [0.5, 0.6) is 0 Å². The average Bonchev–Trinajstić information content (AvgIpc) is 4.14. The molecule has 4 aliphatic rings. The maximum atomic E-state index is 14.0. The van der Waals surface area contributed by atoms with E-state index in [4.69, 9.17) is 14.8 Å². The lowest BCUT2D eigenvalue weighted by Gasteiger charge is -2.31. The quantitative estimate of drug-likeness (QED) is 0.0989. The lowest BCUT2D eigenvalue weighted by atomic mass is 10.00. The van der Waals surface area contributed by atoms with Gasteiger partial charge in [0.25, 0.3) is 0 Å². The number of carbonyl (C=O) groups is 3. The summed E-state index contributed by atoms with van der Waals surface area (Å²) in [4.78, 5) is 69.0. The Hall–Kier alpha value is -5.47. The van der Waals surface area contributed by atoms with Crippen molar-refractivity contribution in [3.63, 3.8) is 0 Å². The zero-order valence-electron chi connectivity index (χ0n) is 36.7. The van der Waals surface area contributed by atoms with Crippen molar-refractivity contribution in [3.05, 3.63) is 72.3 Å². The summed E-state index contributed by atoms with van der Waals surface area (Å²) in [6.45, 7) is 13.3. The highest BCUT2D eigenvalue weighted by molar-refractivity contribution is 5.88. The predicted molar refractivity (Wildman–Crippen MR) is 241 cm³/mol. The number of imidazole rings is 2. The Morgan fingerprint density at radius 1 is 0.629 bits per heavy atom. The molecular weight excluding hydrogens is 781 g/mol. The molecule has 62 heavy (non-hydrogen) atoms. The number of hydrogen-bond acceptors (Lipinski definition) is 7. The topological polar surface area (TPSA) is 155 Å². The molecule has 4 N–H and O–H groups in total. The van der Waals surface area contributed by atoms with Crippen LogP contribution in [0.1, 0.15) is 103 Å². The second kappa shape index (κ2) is 18.1. The molecule has 0 unspecified atom stereocenters. The van der Waals surface area contributed by atoms with Crippen LogP contribution in [0.15, 0.2) is 60.7 Å². The van der Waals surface area contributed by atoms with E-state index in [0.717, 1.165) is 140 Å². The van der Waals surface area contributed by atoms with E-state index < -0.39 is 6.04 Å². The molecule has 14 heteroatoms. The smallest absolute Gasteiger partial charge is 0.318 e. The minimum Gasteiger partial charge on any atom is -0.341 e. The third kappa shape index (κ3) is 8.76. The summed E-state index contributed by atoms with van der Waals surface area (Å²) >= 11 is 0. The van der Waals surface area contributed by atoms with Crippen LogP contribution in [0.2, 0.25) is 0 Å². The summed E-state index contributed by atoms with van der Waals surface area (Å²) in [5.74, 6) is 1.86. The van der Waals surface area contributed by atoms with E-state index in [9.17, 15) is 14.4 Å². The van der Waals surface area contributed by atoms with Gasteiger partial charge in [-0.15, -0.1) is 0 Å². The van der Waals surface area contributed by atoms with E-state index in [1.165, 1.54) is 0 Å². The summed E-state index contributed by atoms with van der Waals surface area (Å²) in [7, 11) is 0. The molecule has 4 aliphatic heterocycles. The number of aromatic nitrogens is 4. The lowest BCUT2D eigenvalue weighted by molar-refractivity contribution is -0.178. The zero-order chi connectivity index (χ0) is 42.9. The average molecular weight is 843 g/mol. The summed E-state index contributed by atoms with van der Waals surface area (Å²) in [6.07, 6.45) is 7.83. The van der Waals surface area contributed by atoms with E-state index in [0.29, 0.717) is 13.2 Å². The Balaban J connectivity index is 0.852. The van der Waals surface area contributed by atoms with E-state index in [-0.39, 0.29) is 47.9 Å².